The number of aromatic nitrogens is 2. The lowest BCUT2D eigenvalue weighted by atomic mass is 9.89. The highest BCUT2D eigenvalue weighted by Gasteiger charge is 2.26. The molecule has 0 bridgehead atoms. The Hall–Kier alpha value is -4.02. The van der Waals surface area contributed by atoms with E-state index in [-0.39, 0.29) is 29.9 Å². The Balaban J connectivity index is 1.10. The van der Waals surface area contributed by atoms with Crippen molar-refractivity contribution in [1.82, 2.24) is 31.2 Å². The van der Waals surface area contributed by atoms with Gasteiger partial charge in [-0.1, -0.05) is 65.7 Å². The van der Waals surface area contributed by atoms with Gasteiger partial charge in [-0.3, -0.25) is 14.6 Å². The monoisotopic (exact) mass is 698 g/mol. The molecule has 1 unspecified atom stereocenters. The van der Waals surface area contributed by atoms with Gasteiger partial charge in [0.1, 0.15) is 0 Å². The predicted octanol–water partition coefficient (Wildman–Crippen LogP) is 6.41. The summed E-state index contributed by atoms with van der Waals surface area (Å²) in [7, 11) is 1.61. The first-order valence-corrected chi connectivity index (χ1v) is 17.8. The van der Waals surface area contributed by atoms with Crippen LogP contribution in [0, 0.1) is 0 Å². The van der Waals surface area contributed by atoms with Crippen molar-refractivity contribution in [3.05, 3.63) is 87.7 Å². The third-order valence-corrected chi connectivity index (χ3v) is 10.6. The van der Waals surface area contributed by atoms with E-state index < -0.39 is 0 Å². The number of benzene rings is 2. The number of nitrogens with zero attached hydrogens (tertiary/aromatic N) is 2. The van der Waals surface area contributed by atoms with Gasteiger partial charge in [-0.25, -0.2) is 4.98 Å². The van der Waals surface area contributed by atoms with Gasteiger partial charge >= 0.3 is 0 Å². The van der Waals surface area contributed by atoms with Crippen LogP contribution < -0.4 is 26.0 Å². The summed E-state index contributed by atoms with van der Waals surface area (Å²) in [6.45, 7) is 2.00. The van der Waals surface area contributed by atoms with Gasteiger partial charge in [0.15, 0.2) is 0 Å². The molecule has 2 aliphatic heterocycles. The molecule has 1 aliphatic carbocycles. The van der Waals surface area contributed by atoms with E-state index in [1.165, 1.54) is 5.56 Å². The van der Waals surface area contributed by atoms with Crippen LogP contribution in [0.15, 0.2) is 60.8 Å². The molecule has 3 atom stereocenters. The quantitative estimate of drug-likeness (QED) is 0.143. The second-order valence-electron chi connectivity index (χ2n) is 13.1. The van der Waals surface area contributed by atoms with Crippen LogP contribution in [0.2, 0.25) is 10.0 Å². The third kappa shape index (κ3) is 7.31. The standard InChI is InChI=1S/C38H40Cl2N6O3/c1-49-38-23(18-41-20-25-12-15-33(47)44-25)11-14-31(46-38)30-9-4-8-29(36(30)40)28-7-3-6-27(35(28)39)24-17-22-5-2-10-32(37(22)43-19-24)42-21-26-13-16-34(48)45-26/h3-4,6-9,11,14,17,19,25-26,32,41-42H,2,5,10,12-13,15-16,18,20-21H2,1H3,(H,44,47)(H,45,48)/t25-,26-,32?/m0/s1. The van der Waals surface area contributed by atoms with Crippen LogP contribution in [0.5, 0.6) is 5.88 Å². The van der Waals surface area contributed by atoms with Crippen LogP contribution in [0.4, 0.5) is 0 Å². The zero-order valence-electron chi connectivity index (χ0n) is 27.5. The van der Waals surface area contributed by atoms with Crippen molar-refractivity contribution >= 4 is 35.0 Å². The average molecular weight is 700 g/mol. The third-order valence-electron chi connectivity index (χ3n) is 9.76. The first-order chi connectivity index (χ1) is 23.9. The first kappa shape index (κ1) is 33.5. The molecular weight excluding hydrogens is 659 g/mol. The maximum atomic E-state index is 11.6. The summed E-state index contributed by atoms with van der Waals surface area (Å²) in [5.41, 5.74) is 8.19. The molecular formula is C38H40Cl2N6O3. The fourth-order valence-electron chi connectivity index (χ4n) is 7.17. The van der Waals surface area contributed by atoms with E-state index in [1.54, 1.807) is 7.11 Å². The second kappa shape index (κ2) is 14.8. The summed E-state index contributed by atoms with van der Waals surface area (Å²) < 4.78 is 5.66. The Kier molecular flexibility index (Phi) is 10.1. The number of methoxy groups -OCH3 is 1. The smallest absolute Gasteiger partial charge is 0.220 e. The second-order valence-corrected chi connectivity index (χ2v) is 13.8. The lowest BCUT2D eigenvalue weighted by molar-refractivity contribution is -0.120. The molecule has 2 aromatic carbocycles. The number of amides is 2. The fraction of sp³-hybridized carbons (Fsp3) is 0.368. The molecule has 4 aromatic rings. The number of fused-ring (bicyclic) bond motifs is 1. The minimum Gasteiger partial charge on any atom is -0.481 e. The lowest BCUT2D eigenvalue weighted by Crippen LogP contribution is -2.38. The van der Waals surface area contributed by atoms with Gasteiger partial charge < -0.3 is 26.0 Å². The summed E-state index contributed by atoms with van der Waals surface area (Å²) in [5.74, 6) is 0.757. The first-order valence-electron chi connectivity index (χ1n) is 17.0. The highest BCUT2D eigenvalue weighted by Crippen LogP contribution is 2.43. The fourth-order valence-corrected chi connectivity index (χ4v) is 7.83. The molecule has 0 saturated carbocycles. The molecule has 2 saturated heterocycles. The molecule has 4 N–H and O–H groups in total. The van der Waals surface area contributed by atoms with Gasteiger partial charge in [-0.05, 0) is 49.8 Å². The summed E-state index contributed by atoms with van der Waals surface area (Å²) >= 11 is 14.3. The summed E-state index contributed by atoms with van der Waals surface area (Å²) in [6.07, 6.45) is 7.86. The number of carbonyl (C=O) groups is 2. The maximum Gasteiger partial charge on any atom is 0.220 e. The van der Waals surface area contributed by atoms with Crippen LogP contribution >= 0.6 is 23.2 Å². The SMILES string of the molecule is COc1nc(-c2cccc(-c3cccc(-c4cnc5c(c4)CCCC5NC[C@@H]4CCC(=O)N4)c3Cl)c2Cl)ccc1CNC[C@@H]1CCC(=O)N1. The van der Waals surface area contributed by atoms with E-state index in [2.05, 4.69) is 27.3 Å². The van der Waals surface area contributed by atoms with Crippen molar-refractivity contribution in [3.8, 4) is 39.4 Å². The normalized spacial score (nSPS) is 20.2. The maximum absolute atomic E-state index is 11.6. The number of pyridine rings is 2. The highest BCUT2D eigenvalue weighted by molar-refractivity contribution is 6.39. The van der Waals surface area contributed by atoms with Gasteiger partial charge in [-0.15, -0.1) is 0 Å². The van der Waals surface area contributed by atoms with Crippen molar-refractivity contribution < 1.29 is 14.3 Å². The molecule has 49 heavy (non-hydrogen) atoms. The molecule has 0 radical (unpaired) electrons. The summed E-state index contributed by atoms with van der Waals surface area (Å²) in [4.78, 5) is 32.9. The van der Waals surface area contributed by atoms with Crippen molar-refractivity contribution in [2.45, 2.75) is 69.6 Å². The van der Waals surface area contributed by atoms with Gasteiger partial charge in [0.25, 0.3) is 0 Å². The van der Waals surface area contributed by atoms with E-state index in [0.29, 0.717) is 47.6 Å². The molecule has 2 fully saturated rings. The number of ether oxygens (including phenoxy) is 1. The van der Waals surface area contributed by atoms with Crippen LogP contribution in [0.3, 0.4) is 0 Å². The van der Waals surface area contributed by atoms with Crippen molar-refractivity contribution in [2.24, 2.45) is 0 Å². The van der Waals surface area contributed by atoms with Crippen molar-refractivity contribution in [3.63, 3.8) is 0 Å². The van der Waals surface area contributed by atoms with Gasteiger partial charge in [-0.2, -0.15) is 0 Å². The lowest BCUT2D eigenvalue weighted by Gasteiger charge is -2.27. The number of hydrogen-bond acceptors (Lipinski definition) is 7. The topological polar surface area (TPSA) is 117 Å². The number of halogens is 2. The van der Waals surface area contributed by atoms with E-state index in [4.69, 9.17) is 37.9 Å². The molecule has 7 rings (SSSR count). The molecule has 2 aromatic heterocycles. The molecule has 3 aliphatic rings. The van der Waals surface area contributed by atoms with E-state index in [9.17, 15) is 9.59 Å². The number of hydrogen-bond donors (Lipinski definition) is 4. The molecule has 9 nitrogen and oxygen atoms in total. The minimum absolute atomic E-state index is 0.105. The number of rotatable bonds is 11. The highest BCUT2D eigenvalue weighted by atomic mass is 35.5. The van der Waals surface area contributed by atoms with Crippen LogP contribution in [-0.4, -0.2) is 54.1 Å². The zero-order valence-corrected chi connectivity index (χ0v) is 29.0. The Bertz CT molecular complexity index is 1880. The number of nitrogens with one attached hydrogen (secondary N) is 4. The van der Waals surface area contributed by atoms with Gasteiger partial charge in [0.05, 0.1) is 28.5 Å². The molecule has 0 spiro atoms. The largest absolute Gasteiger partial charge is 0.481 e. The minimum atomic E-state index is 0.105. The van der Waals surface area contributed by atoms with Crippen LogP contribution in [-0.2, 0) is 22.6 Å². The Morgan fingerprint density at radius 3 is 2.20 bits per heavy atom. The molecule has 11 heteroatoms. The van der Waals surface area contributed by atoms with Gasteiger partial charge in [0, 0.05) is 90.2 Å². The van der Waals surface area contributed by atoms with Gasteiger partial charge in [0.2, 0.25) is 17.7 Å². The summed E-state index contributed by atoms with van der Waals surface area (Å²) in [6, 6.07) is 18.5. The zero-order chi connectivity index (χ0) is 33.9. The molecule has 2 amide bonds. The van der Waals surface area contributed by atoms with Crippen molar-refractivity contribution in [2.75, 3.05) is 20.2 Å². The van der Waals surface area contributed by atoms with E-state index in [0.717, 1.165) is 77.7 Å². The van der Waals surface area contributed by atoms with Crippen LogP contribution in [0.1, 0.15) is 61.4 Å². The van der Waals surface area contributed by atoms with Crippen LogP contribution in [0.25, 0.3) is 33.5 Å². The Labute approximate surface area is 296 Å². The van der Waals surface area contributed by atoms with Crippen molar-refractivity contribution in [1.29, 1.82) is 0 Å². The Morgan fingerprint density at radius 2 is 1.51 bits per heavy atom. The van der Waals surface area contributed by atoms with E-state index in [1.807, 2.05) is 54.7 Å². The molecule has 4 heterocycles. The number of carbonyl (C=O) groups excluding carboxylic acids is 2. The number of aryl methyl sites for hydroxylation is 1. The summed E-state index contributed by atoms with van der Waals surface area (Å²) in [5, 5.41) is 14.2. The predicted molar refractivity (Wildman–Crippen MR) is 193 cm³/mol. The molecule has 254 valence electrons. The van der Waals surface area contributed by atoms with E-state index >= 15 is 0 Å². The Morgan fingerprint density at radius 1 is 0.837 bits per heavy atom. The average Bonchev–Trinajstić information content (AvgIpc) is 3.74.